The Kier molecular flexibility index (Phi) is 12.6. The predicted octanol–water partition coefficient (Wildman–Crippen LogP) is 4.40. The Morgan fingerprint density at radius 1 is 0.667 bits per heavy atom. The minimum atomic E-state index is -0.458. The van der Waals surface area contributed by atoms with Crippen LogP contribution in [-0.4, -0.2) is 114 Å². The van der Waals surface area contributed by atoms with E-state index in [1.54, 1.807) is 9.80 Å². The van der Waals surface area contributed by atoms with Gasteiger partial charge in [0, 0.05) is 63.4 Å². The highest BCUT2D eigenvalue weighted by Gasteiger charge is 2.32. The van der Waals surface area contributed by atoms with Gasteiger partial charge in [-0.15, -0.1) is 0 Å². The van der Waals surface area contributed by atoms with Crippen molar-refractivity contribution in [2.75, 3.05) is 65.6 Å². The molecular weight excluding hydrogens is 539 g/mol. The van der Waals surface area contributed by atoms with E-state index in [9.17, 15) is 19.1 Å². The van der Waals surface area contributed by atoms with Gasteiger partial charge in [0.2, 0.25) is 0 Å². The Morgan fingerprint density at radius 2 is 1.02 bits per heavy atom. The Hall–Kier alpha value is -3.21. The number of carbonyl (C=O) groups is 2. The van der Waals surface area contributed by atoms with E-state index in [4.69, 9.17) is 9.47 Å². The van der Waals surface area contributed by atoms with E-state index in [0.29, 0.717) is 45.9 Å². The van der Waals surface area contributed by atoms with E-state index in [2.05, 4.69) is 9.80 Å². The van der Waals surface area contributed by atoms with Crippen LogP contribution in [-0.2, 0) is 22.7 Å². The summed E-state index contributed by atoms with van der Waals surface area (Å²) >= 11 is 0. The molecule has 4 rings (SSSR count). The summed E-state index contributed by atoms with van der Waals surface area (Å²) in [5.41, 5.74) is 1.27. The highest BCUT2D eigenvalue weighted by Crippen LogP contribution is 2.19. The minimum Gasteiger partial charge on any atom is -0.445 e. The van der Waals surface area contributed by atoms with Crippen LogP contribution in [0.25, 0.3) is 0 Å². The molecule has 2 aromatic carbocycles. The average molecular weight is 587 g/mol. The quantitative estimate of drug-likeness (QED) is 0.491. The molecule has 2 aliphatic rings. The van der Waals surface area contributed by atoms with Gasteiger partial charge in [0.15, 0.2) is 0 Å². The van der Waals surface area contributed by atoms with Crippen LogP contribution in [0.15, 0.2) is 60.7 Å². The molecule has 2 saturated heterocycles. The lowest BCUT2D eigenvalue weighted by Crippen LogP contribution is -2.57. The highest BCUT2D eigenvalue weighted by atomic mass is 19.1. The first-order valence-corrected chi connectivity index (χ1v) is 14.6. The second-order valence-corrected chi connectivity index (χ2v) is 11.9. The molecule has 10 heteroatoms. The number of piperazine rings is 2. The first kappa shape index (κ1) is 33.3. The lowest BCUT2D eigenvalue weighted by Gasteiger charge is -2.42. The largest absolute Gasteiger partial charge is 0.445 e. The second-order valence-electron chi connectivity index (χ2n) is 11.9. The molecule has 0 aromatic heterocycles. The number of hydrogen-bond acceptors (Lipinski definition) is 7. The Labute approximate surface area is 249 Å². The molecular formula is C32H47FN4O5. The lowest BCUT2D eigenvalue weighted by atomic mass is 10.0. The van der Waals surface area contributed by atoms with E-state index in [1.165, 1.54) is 0 Å². The van der Waals surface area contributed by atoms with Crippen molar-refractivity contribution in [3.05, 3.63) is 71.8 Å². The lowest BCUT2D eigenvalue weighted by molar-refractivity contribution is 0.0122. The van der Waals surface area contributed by atoms with Crippen molar-refractivity contribution < 1.29 is 28.6 Å². The summed E-state index contributed by atoms with van der Waals surface area (Å²) in [7, 11) is 0. The smallest absolute Gasteiger partial charge is 0.410 e. The van der Waals surface area contributed by atoms with Crippen LogP contribution in [0.3, 0.4) is 0 Å². The topological polar surface area (TPSA) is 85.8 Å². The number of nitrogens with zero attached hydrogens (tertiary/aromatic N) is 4. The van der Waals surface area contributed by atoms with Gasteiger partial charge in [0.25, 0.3) is 0 Å². The van der Waals surface area contributed by atoms with Crippen molar-refractivity contribution in [2.24, 2.45) is 0 Å². The Balaban J connectivity index is 0.000000230. The van der Waals surface area contributed by atoms with E-state index in [0.717, 1.165) is 24.2 Å². The third kappa shape index (κ3) is 9.96. The van der Waals surface area contributed by atoms with Crippen molar-refractivity contribution >= 4 is 12.2 Å². The van der Waals surface area contributed by atoms with Crippen LogP contribution in [0.2, 0.25) is 0 Å². The average Bonchev–Trinajstić information content (AvgIpc) is 3.04. The molecule has 9 nitrogen and oxygen atoms in total. The van der Waals surface area contributed by atoms with Gasteiger partial charge >= 0.3 is 12.2 Å². The molecule has 0 spiro atoms. The van der Waals surface area contributed by atoms with Gasteiger partial charge in [0.1, 0.15) is 19.9 Å². The number of rotatable bonds is 8. The maximum absolute atomic E-state index is 13.0. The fourth-order valence-corrected chi connectivity index (χ4v) is 4.79. The van der Waals surface area contributed by atoms with Crippen molar-refractivity contribution in [1.82, 2.24) is 19.6 Å². The van der Waals surface area contributed by atoms with E-state index < -0.39 is 5.54 Å². The van der Waals surface area contributed by atoms with Gasteiger partial charge in [-0.05, 0) is 38.8 Å². The molecule has 0 aliphatic carbocycles. The molecule has 2 amide bonds. The van der Waals surface area contributed by atoms with Crippen LogP contribution in [0.5, 0.6) is 0 Å². The number of hydrogen-bond donors (Lipinski definition) is 1. The molecule has 232 valence electrons. The molecule has 2 fully saturated rings. The summed E-state index contributed by atoms with van der Waals surface area (Å²) in [5, 5.41) is 9.38. The number of aliphatic hydroxyl groups excluding tert-OH is 1. The number of aliphatic hydroxyl groups is 1. The number of amides is 2. The van der Waals surface area contributed by atoms with Gasteiger partial charge in [-0.25, -0.2) is 14.0 Å². The summed E-state index contributed by atoms with van der Waals surface area (Å²) in [6.07, 6.45) is -0.558. The van der Waals surface area contributed by atoms with Gasteiger partial charge in [-0.3, -0.25) is 9.80 Å². The standard InChI is InChI=1S/C16H23FN2O2.C16H24N2O3/c1-16(2,13-17)19-10-8-18(9-11-19)15(20)21-12-14-6-4-3-5-7-14;1-16(2,13-19)18-10-8-17(9-11-18)15(20)21-12-14-6-4-3-5-7-14/h3-7H,8-13H2,1-2H3;3-7,19H,8-13H2,1-2H3. The zero-order valence-electron chi connectivity index (χ0n) is 25.5. The number of carbonyl (C=O) groups excluding carboxylic acids is 2. The van der Waals surface area contributed by atoms with Crippen LogP contribution >= 0.6 is 0 Å². The number of alkyl halides is 1. The number of halogens is 1. The molecule has 2 aromatic rings. The second kappa shape index (κ2) is 15.9. The maximum Gasteiger partial charge on any atom is 0.410 e. The fraction of sp³-hybridized carbons (Fsp3) is 0.562. The summed E-state index contributed by atoms with van der Waals surface area (Å²) in [6, 6.07) is 19.3. The van der Waals surface area contributed by atoms with Crippen LogP contribution in [0.1, 0.15) is 38.8 Å². The van der Waals surface area contributed by atoms with E-state index in [-0.39, 0.29) is 37.6 Å². The molecule has 0 unspecified atom stereocenters. The van der Waals surface area contributed by atoms with Gasteiger partial charge < -0.3 is 24.4 Å². The molecule has 0 bridgehead atoms. The monoisotopic (exact) mass is 586 g/mol. The molecule has 42 heavy (non-hydrogen) atoms. The molecule has 1 N–H and O–H groups in total. The Morgan fingerprint density at radius 3 is 1.36 bits per heavy atom. The van der Waals surface area contributed by atoms with Gasteiger partial charge in [-0.2, -0.15) is 0 Å². The van der Waals surface area contributed by atoms with Crippen LogP contribution in [0.4, 0.5) is 14.0 Å². The first-order chi connectivity index (χ1) is 20.1. The van der Waals surface area contributed by atoms with Gasteiger partial charge in [-0.1, -0.05) is 60.7 Å². The van der Waals surface area contributed by atoms with Crippen LogP contribution in [0, 0.1) is 0 Å². The zero-order valence-corrected chi connectivity index (χ0v) is 25.5. The minimum absolute atomic E-state index is 0.117. The van der Waals surface area contributed by atoms with Crippen molar-refractivity contribution in [3.8, 4) is 0 Å². The highest BCUT2D eigenvalue weighted by molar-refractivity contribution is 5.68. The number of ether oxygens (including phenoxy) is 2. The van der Waals surface area contributed by atoms with Crippen molar-refractivity contribution in [2.45, 2.75) is 52.0 Å². The molecule has 0 saturated carbocycles. The van der Waals surface area contributed by atoms with E-state index >= 15 is 0 Å². The van der Waals surface area contributed by atoms with Crippen molar-refractivity contribution in [1.29, 1.82) is 0 Å². The maximum atomic E-state index is 13.0. The fourth-order valence-electron chi connectivity index (χ4n) is 4.79. The predicted molar refractivity (Wildman–Crippen MR) is 161 cm³/mol. The van der Waals surface area contributed by atoms with Crippen molar-refractivity contribution in [3.63, 3.8) is 0 Å². The summed E-state index contributed by atoms with van der Waals surface area (Å²) in [5.74, 6) is 0. The first-order valence-electron chi connectivity index (χ1n) is 14.6. The van der Waals surface area contributed by atoms with E-state index in [1.807, 2.05) is 88.4 Å². The Bertz CT molecular complexity index is 999. The molecule has 2 heterocycles. The molecule has 0 atom stereocenters. The zero-order chi connectivity index (χ0) is 30.6. The third-order valence-corrected chi connectivity index (χ3v) is 7.91. The summed E-state index contributed by atoms with van der Waals surface area (Å²) < 4.78 is 23.6. The molecule has 0 radical (unpaired) electrons. The summed E-state index contributed by atoms with van der Waals surface area (Å²) in [4.78, 5) is 31.7. The third-order valence-electron chi connectivity index (χ3n) is 7.91. The van der Waals surface area contributed by atoms with Crippen LogP contribution < -0.4 is 0 Å². The normalized spacial score (nSPS) is 16.8. The molecule has 2 aliphatic heterocycles. The SMILES string of the molecule is CC(C)(CF)N1CCN(C(=O)OCc2ccccc2)CC1.CC(C)(CO)N1CCN(C(=O)OCc2ccccc2)CC1. The van der Waals surface area contributed by atoms with Gasteiger partial charge in [0.05, 0.1) is 6.61 Å². The number of benzene rings is 2. The summed E-state index contributed by atoms with van der Waals surface area (Å²) in [6.45, 7) is 13.4.